The van der Waals surface area contributed by atoms with E-state index in [0.717, 1.165) is 5.56 Å². The second-order valence-electron chi connectivity index (χ2n) is 4.49. The Labute approximate surface area is 130 Å². The molecule has 2 rings (SSSR count). The number of alkyl halides is 1. The van der Waals surface area contributed by atoms with Gasteiger partial charge < -0.3 is 4.90 Å². The zero-order valence-electron chi connectivity index (χ0n) is 10.8. The lowest BCUT2D eigenvalue weighted by Gasteiger charge is -2.21. The molecule has 0 fully saturated rings. The fourth-order valence-corrected chi connectivity index (χ4v) is 2.54. The minimum absolute atomic E-state index is 0.0466. The molecule has 0 atom stereocenters. The Kier molecular flexibility index (Phi) is 5.00. The molecule has 0 aliphatic rings. The lowest BCUT2D eigenvalue weighted by atomic mass is 10.1. The number of rotatable bonds is 4. The van der Waals surface area contributed by atoms with Gasteiger partial charge in [-0.25, -0.2) is 8.78 Å². The van der Waals surface area contributed by atoms with Crippen molar-refractivity contribution >= 4 is 33.2 Å². The smallest absolute Gasteiger partial charge is 0.149 e. The molecule has 0 N–H and O–H groups in total. The second-order valence-corrected chi connectivity index (χ2v) is 5.46. The van der Waals surface area contributed by atoms with Crippen molar-refractivity contribution in [2.75, 3.05) is 11.9 Å². The standard InChI is InChI=1S/C15H13BrClF2N/c1-20(9-11-4-2-3-5-12(11)17)15-13(18)6-10(8-16)7-14(15)19/h2-7H,8-9H2,1H3. The molecule has 2 aromatic rings. The largest absolute Gasteiger partial charge is 0.365 e. The first kappa shape index (κ1) is 15.3. The summed E-state index contributed by atoms with van der Waals surface area (Å²) in [6.45, 7) is 0.334. The molecule has 0 radical (unpaired) electrons. The second kappa shape index (κ2) is 6.55. The van der Waals surface area contributed by atoms with E-state index in [1.807, 2.05) is 18.2 Å². The minimum Gasteiger partial charge on any atom is -0.365 e. The number of anilines is 1. The van der Waals surface area contributed by atoms with Crippen LogP contribution in [-0.2, 0) is 11.9 Å². The van der Waals surface area contributed by atoms with Gasteiger partial charge in [-0.15, -0.1) is 0 Å². The van der Waals surface area contributed by atoms with Gasteiger partial charge in [-0.3, -0.25) is 0 Å². The Morgan fingerprint density at radius 3 is 2.30 bits per heavy atom. The molecular formula is C15H13BrClF2N. The first-order valence-electron chi connectivity index (χ1n) is 6.01. The normalized spacial score (nSPS) is 10.7. The zero-order valence-corrected chi connectivity index (χ0v) is 13.2. The fraction of sp³-hybridized carbons (Fsp3) is 0.200. The Hall–Kier alpha value is -1.13. The minimum atomic E-state index is -0.575. The van der Waals surface area contributed by atoms with Crippen molar-refractivity contribution in [3.8, 4) is 0 Å². The van der Waals surface area contributed by atoms with Crippen LogP contribution in [-0.4, -0.2) is 7.05 Å². The molecule has 0 spiro atoms. The van der Waals surface area contributed by atoms with Crippen LogP contribution in [0.25, 0.3) is 0 Å². The molecule has 0 saturated heterocycles. The molecule has 0 amide bonds. The highest BCUT2D eigenvalue weighted by Gasteiger charge is 2.16. The van der Waals surface area contributed by atoms with Crippen molar-refractivity contribution in [3.05, 3.63) is 64.2 Å². The Balaban J connectivity index is 2.30. The molecule has 1 nitrogen and oxygen atoms in total. The average Bonchev–Trinajstić information content (AvgIpc) is 2.40. The van der Waals surface area contributed by atoms with E-state index in [2.05, 4.69) is 15.9 Å². The van der Waals surface area contributed by atoms with E-state index in [1.165, 1.54) is 17.0 Å². The van der Waals surface area contributed by atoms with Gasteiger partial charge in [0.2, 0.25) is 0 Å². The predicted molar refractivity (Wildman–Crippen MR) is 82.5 cm³/mol. The van der Waals surface area contributed by atoms with Crippen LogP contribution in [0.15, 0.2) is 36.4 Å². The molecular weight excluding hydrogens is 348 g/mol. The quantitative estimate of drug-likeness (QED) is 0.682. The van der Waals surface area contributed by atoms with Crippen molar-refractivity contribution in [2.45, 2.75) is 11.9 Å². The number of hydrogen-bond acceptors (Lipinski definition) is 1. The van der Waals surface area contributed by atoms with E-state index in [9.17, 15) is 8.78 Å². The monoisotopic (exact) mass is 359 g/mol. The van der Waals surface area contributed by atoms with Gasteiger partial charge in [0.1, 0.15) is 17.3 Å². The Morgan fingerprint density at radius 1 is 1.15 bits per heavy atom. The van der Waals surface area contributed by atoms with Gasteiger partial charge in [-0.05, 0) is 29.3 Å². The predicted octanol–water partition coefficient (Wildman–Crippen LogP) is 5.15. The highest BCUT2D eigenvalue weighted by molar-refractivity contribution is 9.08. The van der Waals surface area contributed by atoms with Gasteiger partial charge in [-0.1, -0.05) is 45.7 Å². The van der Waals surface area contributed by atoms with Gasteiger partial charge in [0, 0.05) is 23.9 Å². The maximum absolute atomic E-state index is 14.0. The van der Waals surface area contributed by atoms with E-state index in [0.29, 0.717) is 22.5 Å². The van der Waals surface area contributed by atoms with E-state index >= 15 is 0 Å². The van der Waals surface area contributed by atoms with Gasteiger partial charge >= 0.3 is 0 Å². The van der Waals surface area contributed by atoms with Crippen LogP contribution in [0.5, 0.6) is 0 Å². The van der Waals surface area contributed by atoms with Crippen LogP contribution >= 0.6 is 27.5 Å². The lowest BCUT2D eigenvalue weighted by Crippen LogP contribution is -2.19. The van der Waals surface area contributed by atoms with E-state index in [4.69, 9.17) is 11.6 Å². The van der Waals surface area contributed by atoms with Crippen molar-refractivity contribution in [2.24, 2.45) is 0 Å². The zero-order chi connectivity index (χ0) is 14.7. The summed E-state index contributed by atoms with van der Waals surface area (Å²) in [4.78, 5) is 1.52. The maximum Gasteiger partial charge on any atom is 0.149 e. The van der Waals surface area contributed by atoms with Gasteiger partial charge in [-0.2, -0.15) is 0 Å². The van der Waals surface area contributed by atoms with Gasteiger partial charge in [0.25, 0.3) is 0 Å². The maximum atomic E-state index is 14.0. The molecule has 0 aliphatic carbocycles. The summed E-state index contributed by atoms with van der Waals surface area (Å²) >= 11 is 9.25. The van der Waals surface area contributed by atoms with Crippen LogP contribution in [0.2, 0.25) is 5.02 Å². The van der Waals surface area contributed by atoms with Crippen LogP contribution in [0.4, 0.5) is 14.5 Å². The molecule has 5 heteroatoms. The first-order chi connectivity index (χ1) is 9.52. The molecule has 20 heavy (non-hydrogen) atoms. The average molecular weight is 361 g/mol. The lowest BCUT2D eigenvalue weighted by molar-refractivity contribution is 0.574. The number of halogens is 4. The summed E-state index contributed by atoms with van der Waals surface area (Å²) in [6, 6.07) is 9.91. The van der Waals surface area contributed by atoms with Crippen molar-refractivity contribution in [1.82, 2.24) is 0 Å². The van der Waals surface area contributed by atoms with Crippen molar-refractivity contribution in [3.63, 3.8) is 0 Å². The molecule has 0 heterocycles. The van der Waals surface area contributed by atoms with E-state index < -0.39 is 11.6 Å². The van der Waals surface area contributed by atoms with Crippen LogP contribution < -0.4 is 4.90 Å². The Morgan fingerprint density at radius 2 is 1.75 bits per heavy atom. The fourth-order valence-electron chi connectivity index (χ4n) is 2.02. The molecule has 0 bridgehead atoms. The summed E-state index contributed by atoms with van der Waals surface area (Å²) in [7, 11) is 1.64. The molecule has 106 valence electrons. The summed E-state index contributed by atoms with van der Waals surface area (Å²) in [5.74, 6) is -1.15. The molecule has 2 aromatic carbocycles. The highest BCUT2D eigenvalue weighted by atomic mass is 79.9. The molecule has 0 saturated carbocycles. The Bertz CT molecular complexity index is 596. The van der Waals surface area contributed by atoms with Gasteiger partial charge in [0.05, 0.1) is 0 Å². The molecule has 0 aromatic heterocycles. The highest BCUT2D eigenvalue weighted by Crippen LogP contribution is 2.27. The summed E-state index contributed by atoms with van der Waals surface area (Å²) in [6.07, 6.45) is 0. The third-order valence-electron chi connectivity index (χ3n) is 2.98. The third kappa shape index (κ3) is 3.30. The topological polar surface area (TPSA) is 3.24 Å². The van der Waals surface area contributed by atoms with Crippen LogP contribution in [0.3, 0.4) is 0 Å². The van der Waals surface area contributed by atoms with Crippen molar-refractivity contribution < 1.29 is 8.78 Å². The summed E-state index contributed by atoms with van der Waals surface area (Å²) < 4.78 is 28.0. The third-order valence-corrected chi connectivity index (χ3v) is 3.99. The van der Waals surface area contributed by atoms with Crippen LogP contribution in [0, 0.1) is 11.6 Å². The number of hydrogen-bond donors (Lipinski definition) is 0. The van der Waals surface area contributed by atoms with E-state index in [-0.39, 0.29) is 5.69 Å². The SMILES string of the molecule is CN(Cc1ccccc1Cl)c1c(F)cc(CBr)cc1F. The van der Waals surface area contributed by atoms with Gasteiger partial charge in [0.15, 0.2) is 0 Å². The molecule has 0 unspecified atom stereocenters. The number of nitrogens with zero attached hydrogens (tertiary/aromatic N) is 1. The number of benzene rings is 2. The summed E-state index contributed by atoms with van der Waals surface area (Å²) in [5, 5.41) is 0.993. The first-order valence-corrected chi connectivity index (χ1v) is 7.51. The van der Waals surface area contributed by atoms with E-state index in [1.54, 1.807) is 13.1 Å². The summed E-state index contributed by atoms with van der Waals surface area (Å²) in [5.41, 5.74) is 1.34. The molecule has 0 aliphatic heterocycles. The van der Waals surface area contributed by atoms with Crippen LogP contribution in [0.1, 0.15) is 11.1 Å². The van der Waals surface area contributed by atoms with Crippen molar-refractivity contribution in [1.29, 1.82) is 0 Å².